The predicted molar refractivity (Wildman–Crippen MR) is 17.6 cm³/mol. The fourth-order valence-electron chi connectivity index (χ4n) is 0.192. The molecule has 0 spiro atoms. The molecular formula is C3H3LiN2. The molecule has 0 aliphatic rings. The van der Waals surface area contributed by atoms with Gasteiger partial charge in [0, 0.05) is 0 Å². The molecule has 0 amide bonds. The topological polar surface area (TPSA) is 27.0 Å². The van der Waals surface area contributed by atoms with E-state index in [0.717, 1.165) is 0 Å². The third-order valence-corrected chi connectivity index (χ3v) is 0.372. The minimum Gasteiger partial charge on any atom is -0.450 e. The van der Waals surface area contributed by atoms with E-state index in [9.17, 15) is 0 Å². The first-order valence-corrected chi connectivity index (χ1v) is 1.37. The monoisotopic (exact) mass is 74.0 g/mol. The quantitative estimate of drug-likeness (QED) is 0.307. The predicted octanol–water partition coefficient (Wildman–Crippen LogP) is -2.96. The average molecular weight is 74.0 g/mol. The molecule has 0 N–H and O–H groups in total. The summed E-state index contributed by atoms with van der Waals surface area (Å²) in [7, 11) is 0. The number of hydrogen-bond donors (Lipinski definition) is 0. The number of hydrogen-bond acceptors (Lipinski definition) is 1. The third kappa shape index (κ3) is 1.30. The van der Waals surface area contributed by atoms with Crippen molar-refractivity contribution < 1.29 is 18.9 Å². The van der Waals surface area contributed by atoms with Crippen molar-refractivity contribution >= 4 is 0 Å². The van der Waals surface area contributed by atoms with Gasteiger partial charge in [0.1, 0.15) is 0 Å². The molecular weight excluding hydrogens is 71.0 g/mol. The Balaban J connectivity index is 0.000000250. The number of nitrogens with zero attached hydrogens (tertiary/aromatic N) is 2. The van der Waals surface area contributed by atoms with Gasteiger partial charge in [-0.15, -0.1) is 0 Å². The van der Waals surface area contributed by atoms with E-state index in [-0.39, 0.29) is 18.9 Å². The molecule has 0 radical (unpaired) electrons. The molecule has 2 nitrogen and oxygen atoms in total. The maximum Gasteiger partial charge on any atom is 1.00 e. The van der Waals surface area contributed by atoms with Gasteiger partial charge >= 0.3 is 18.9 Å². The zero-order chi connectivity index (χ0) is 3.54. The van der Waals surface area contributed by atoms with Crippen molar-refractivity contribution in [2.45, 2.75) is 0 Å². The Labute approximate surface area is 48.2 Å². The van der Waals surface area contributed by atoms with Crippen LogP contribution in [-0.2, 0) is 0 Å². The van der Waals surface area contributed by atoms with Crippen LogP contribution in [0.1, 0.15) is 0 Å². The molecule has 0 bridgehead atoms. The smallest absolute Gasteiger partial charge is 0.450 e. The van der Waals surface area contributed by atoms with Gasteiger partial charge in [-0.2, -0.15) is 0 Å². The molecule has 6 heavy (non-hydrogen) atoms. The SMILES string of the molecule is [Li+].c1c[n-]cn1. The summed E-state index contributed by atoms with van der Waals surface area (Å²) < 4.78 is 0. The van der Waals surface area contributed by atoms with Crippen LogP contribution in [0.4, 0.5) is 0 Å². The molecule has 0 fully saturated rings. The standard InChI is InChI=1S/C3H3N2.Li/c1-2-5-3-4-1;/h1-3H;/q-1;+1. The van der Waals surface area contributed by atoms with Gasteiger partial charge in [-0.25, -0.2) is 0 Å². The Morgan fingerprint density at radius 2 is 2.33 bits per heavy atom. The van der Waals surface area contributed by atoms with Crippen LogP contribution in [0.15, 0.2) is 18.7 Å². The van der Waals surface area contributed by atoms with Gasteiger partial charge in [0.15, 0.2) is 0 Å². The van der Waals surface area contributed by atoms with Gasteiger partial charge in [0.25, 0.3) is 0 Å². The number of imidazole rings is 1. The third-order valence-electron chi connectivity index (χ3n) is 0.372. The van der Waals surface area contributed by atoms with E-state index in [0.29, 0.717) is 0 Å². The molecule has 26 valence electrons. The van der Waals surface area contributed by atoms with E-state index in [1.54, 1.807) is 12.4 Å². The summed E-state index contributed by atoms with van der Waals surface area (Å²) >= 11 is 0. The Morgan fingerprint density at radius 1 is 1.50 bits per heavy atom. The molecule has 0 atom stereocenters. The van der Waals surface area contributed by atoms with Gasteiger partial charge < -0.3 is 9.97 Å². The van der Waals surface area contributed by atoms with Crippen LogP contribution in [0.2, 0.25) is 0 Å². The van der Waals surface area contributed by atoms with E-state index in [1.807, 2.05) is 0 Å². The minimum atomic E-state index is 0. The zero-order valence-corrected chi connectivity index (χ0v) is 3.63. The Bertz CT molecular complexity index is 65.3. The summed E-state index contributed by atoms with van der Waals surface area (Å²) in [6.07, 6.45) is 4.78. The normalized spacial score (nSPS) is 6.67. The Morgan fingerprint density at radius 3 is 2.50 bits per heavy atom. The van der Waals surface area contributed by atoms with Crippen molar-refractivity contribution in [3.63, 3.8) is 0 Å². The molecule has 0 unspecified atom stereocenters. The summed E-state index contributed by atoms with van der Waals surface area (Å²) in [6, 6.07) is 0. The van der Waals surface area contributed by atoms with Crippen LogP contribution in [0.3, 0.4) is 0 Å². The van der Waals surface area contributed by atoms with Crippen LogP contribution < -0.4 is 23.8 Å². The van der Waals surface area contributed by atoms with E-state index in [1.165, 1.54) is 6.33 Å². The Kier molecular flexibility index (Phi) is 2.92. The summed E-state index contributed by atoms with van der Waals surface area (Å²) in [4.78, 5) is 7.22. The second-order valence-electron chi connectivity index (χ2n) is 0.712. The minimum absolute atomic E-state index is 0. The molecule has 0 saturated carbocycles. The van der Waals surface area contributed by atoms with E-state index in [4.69, 9.17) is 0 Å². The first-order chi connectivity index (χ1) is 2.50. The maximum absolute atomic E-state index is 3.61. The molecule has 3 heteroatoms. The fourth-order valence-corrected chi connectivity index (χ4v) is 0.192. The van der Waals surface area contributed by atoms with Crippen LogP contribution >= 0.6 is 0 Å². The average Bonchev–Trinajstić information content (AvgIpc) is 1.76. The van der Waals surface area contributed by atoms with Crippen molar-refractivity contribution in [2.75, 3.05) is 0 Å². The molecule has 0 aromatic carbocycles. The molecule has 0 aliphatic carbocycles. The van der Waals surface area contributed by atoms with Crippen LogP contribution in [0.25, 0.3) is 0 Å². The van der Waals surface area contributed by atoms with Gasteiger partial charge in [0.05, 0.1) is 0 Å². The van der Waals surface area contributed by atoms with Crippen molar-refractivity contribution in [2.24, 2.45) is 0 Å². The molecule has 0 aliphatic heterocycles. The van der Waals surface area contributed by atoms with E-state index < -0.39 is 0 Å². The van der Waals surface area contributed by atoms with E-state index >= 15 is 0 Å². The molecule has 1 aromatic rings. The molecule has 1 rings (SSSR count). The molecule has 0 saturated heterocycles. The second kappa shape index (κ2) is 3.02. The first kappa shape index (κ1) is 5.81. The van der Waals surface area contributed by atoms with Crippen LogP contribution in [-0.4, -0.2) is 4.98 Å². The second-order valence-corrected chi connectivity index (χ2v) is 0.712. The van der Waals surface area contributed by atoms with E-state index in [2.05, 4.69) is 9.97 Å². The number of aromatic nitrogens is 2. The van der Waals surface area contributed by atoms with Crippen molar-refractivity contribution in [1.82, 2.24) is 9.97 Å². The largest absolute Gasteiger partial charge is 1.00 e. The maximum atomic E-state index is 3.61. The van der Waals surface area contributed by atoms with Gasteiger partial charge in [-0.3, -0.25) is 0 Å². The number of rotatable bonds is 0. The van der Waals surface area contributed by atoms with Crippen LogP contribution in [0.5, 0.6) is 0 Å². The summed E-state index contributed by atoms with van der Waals surface area (Å²) in [5.74, 6) is 0. The molecule has 1 heterocycles. The van der Waals surface area contributed by atoms with Gasteiger partial charge in [-0.1, -0.05) is 18.7 Å². The van der Waals surface area contributed by atoms with Crippen LogP contribution in [0, 0.1) is 0 Å². The summed E-state index contributed by atoms with van der Waals surface area (Å²) in [5.41, 5.74) is 0. The Hall–Kier alpha value is -0.193. The van der Waals surface area contributed by atoms with Crippen molar-refractivity contribution in [3.05, 3.63) is 18.7 Å². The van der Waals surface area contributed by atoms with Gasteiger partial charge in [-0.05, 0) is 0 Å². The fraction of sp³-hybridized carbons (Fsp3) is 0. The summed E-state index contributed by atoms with van der Waals surface area (Å²) in [5, 5.41) is 0. The van der Waals surface area contributed by atoms with Gasteiger partial charge in [0.2, 0.25) is 0 Å². The molecule has 1 aromatic heterocycles. The van der Waals surface area contributed by atoms with Crippen molar-refractivity contribution in [3.8, 4) is 0 Å². The zero-order valence-electron chi connectivity index (χ0n) is 3.63. The van der Waals surface area contributed by atoms with Crippen molar-refractivity contribution in [1.29, 1.82) is 0 Å². The first-order valence-electron chi connectivity index (χ1n) is 1.37. The summed E-state index contributed by atoms with van der Waals surface area (Å²) in [6.45, 7) is 0.